The number of hydrogen-bond donors (Lipinski definition) is 1. The normalized spacial score (nSPS) is 14.2. The second-order valence-corrected chi connectivity index (χ2v) is 5.89. The van der Waals surface area contributed by atoms with Crippen LogP contribution in [0.2, 0.25) is 0 Å². The molecule has 1 heterocycles. The maximum atomic E-state index is 12.9. The van der Waals surface area contributed by atoms with Gasteiger partial charge in [0.05, 0.1) is 13.3 Å². The average molecular weight is 363 g/mol. The van der Waals surface area contributed by atoms with E-state index in [0.717, 1.165) is 31.5 Å². The van der Waals surface area contributed by atoms with Crippen molar-refractivity contribution in [1.29, 1.82) is 0 Å². The number of ketones is 1. The molecule has 6 heteroatoms. The van der Waals surface area contributed by atoms with E-state index >= 15 is 0 Å². The van der Waals surface area contributed by atoms with Gasteiger partial charge >= 0.3 is 0 Å². The minimum atomic E-state index is -0.279. The lowest BCUT2D eigenvalue weighted by Gasteiger charge is -2.25. The Kier molecular flexibility index (Phi) is 16.5. The van der Waals surface area contributed by atoms with Crippen LogP contribution in [-0.4, -0.2) is 49.2 Å². The first-order chi connectivity index (χ1) is 11.4. The van der Waals surface area contributed by atoms with Crippen LogP contribution in [0, 0.1) is 5.82 Å². The molecule has 1 saturated heterocycles. The molecule has 0 bridgehead atoms. The molecule has 0 saturated carbocycles. The number of carbonyl (C=O) groups excluding carboxylic acids is 1. The quantitative estimate of drug-likeness (QED) is 0.821. The summed E-state index contributed by atoms with van der Waals surface area (Å²) in [6, 6.07) is 4.80. The molecule has 140 valence electrons. The highest BCUT2D eigenvalue weighted by molar-refractivity contribution is 7.27. The summed E-state index contributed by atoms with van der Waals surface area (Å²) in [5, 5.41) is 9.53. The molecule has 0 spiro atoms. The Balaban J connectivity index is 0. The van der Waals surface area contributed by atoms with Crippen molar-refractivity contribution in [1.82, 2.24) is 4.90 Å². The SMILES string of the molecule is CC.CC(=O)Cc1ccc(P)c(F)c1.CF.CN1CCC(O)CC1. The van der Waals surface area contributed by atoms with Gasteiger partial charge in [0.25, 0.3) is 0 Å². The van der Waals surface area contributed by atoms with Gasteiger partial charge in [-0.25, -0.2) is 4.39 Å². The van der Waals surface area contributed by atoms with Crippen LogP contribution in [0.25, 0.3) is 0 Å². The first-order valence-corrected chi connectivity index (χ1v) is 8.74. The van der Waals surface area contributed by atoms with Gasteiger partial charge in [-0.1, -0.05) is 26.0 Å². The molecule has 1 unspecified atom stereocenters. The molecule has 0 aliphatic carbocycles. The molecule has 0 radical (unpaired) electrons. The first kappa shape index (κ1) is 25.3. The molecule has 1 atom stereocenters. The fourth-order valence-corrected chi connectivity index (χ4v) is 2.14. The Bertz CT molecular complexity index is 441. The molecule has 1 aromatic carbocycles. The summed E-state index contributed by atoms with van der Waals surface area (Å²) in [5.41, 5.74) is 0.728. The average Bonchev–Trinajstić information content (AvgIpc) is 2.58. The number of rotatable bonds is 2. The summed E-state index contributed by atoms with van der Waals surface area (Å²) in [6.45, 7) is 7.61. The van der Waals surface area contributed by atoms with E-state index in [1.54, 1.807) is 12.1 Å². The van der Waals surface area contributed by atoms with Crippen LogP contribution >= 0.6 is 9.24 Å². The molecule has 1 N–H and O–H groups in total. The number of hydrogen-bond acceptors (Lipinski definition) is 3. The van der Waals surface area contributed by atoms with Gasteiger partial charge in [0.2, 0.25) is 0 Å². The van der Waals surface area contributed by atoms with Gasteiger partial charge < -0.3 is 10.0 Å². The number of aliphatic hydroxyl groups excluding tert-OH is 1. The second-order valence-electron chi connectivity index (χ2n) is 5.27. The van der Waals surface area contributed by atoms with Crippen molar-refractivity contribution in [3.63, 3.8) is 0 Å². The number of piperidine rings is 1. The lowest BCUT2D eigenvalue weighted by molar-refractivity contribution is -0.116. The number of carbonyl (C=O) groups is 1. The predicted molar refractivity (Wildman–Crippen MR) is 101 cm³/mol. The van der Waals surface area contributed by atoms with Crippen molar-refractivity contribution in [2.24, 2.45) is 0 Å². The second kappa shape index (κ2) is 15.6. The van der Waals surface area contributed by atoms with Crippen LogP contribution in [0.5, 0.6) is 0 Å². The monoisotopic (exact) mass is 363 g/mol. The van der Waals surface area contributed by atoms with Crippen LogP contribution in [-0.2, 0) is 11.2 Å². The molecular weight excluding hydrogens is 331 g/mol. The highest BCUT2D eigenvalue weighted by Gasteiger charge is 2.12. The minimum absolute atomic E-state index is 0.0220. The van der Waals surface area contributed by atoms with Gasteiger partial charge in [-0.3, -0.25) is 9.18 Å². The van der Waals surface area contributed by atoms with E-state index in [2.05, 4.69) is 21.2 Å². The fourth-order valence-electron chi connectivity index (χ4n) is 1.96. The van der Waals surface area contributed by atoms with Crippen LogP contribution in [0.15, 0.2) is 18.2 Å². The number of nitrogens with zero attached hydrogens (tertiary/aromatic N) is 1. The predicted octanol–water partition coefficient (Wildman–Crippen LogP) is 3.14. The zero-order chi connectivity index (χ0) is 19.1. The van der Waals surface area contributed by atoms with E-state index < -0.39 is 0 Å². The Morgan fingerprint density at radius 1 is 1.29 bits per heavy atom. The third-order valence-electron chi connectivity index (χ3n) is 3.21. The summed E-state index contributed by atoms with van der Waals surface area (Å²) >= 11 is 0. The molecule has 1 aliphatic heterocycles. The van der Waals surface area contributed by atoms with Gasteiger partial charge in [-0.2, -0.15) is 0 Å². The van der Waals surface area contributed by atoms with E-state index in [0.29, 0.717) is 18.9 Å². The number of benzene rings is 1. The molecule has 1 fully saturated rings. The summed E-state index contributed by atoms with van der Waals surface area (Å²) < 4.78 is 22.4. The number of Topliss-reactive ketones (excluding diaryl/α,β-unsaturated/α-hetero) is 1. The van der Waals surface area contributed by atoms with Gasteiger partial charge in [0.15, 0.2) is 0 Å². The molecule has 1 aliphatic rings. The van der Waals surface area contributed by atoms with Crippen molar-refractivity contribution in [2.45, 2.75) is 46.1 Å². The Morgan fingerprint density at radius 3 is 2.17 bits per heavy atom. The molecule has 1 aromatic rings. The van der Waals surface area contributed by atoms with Gasteiger partial charge in [-0.15, -0.1) is 9.24 Å². The summed E-state index contributed by atoms with van der Waals surface area (Å²) in [5.74, 6) is -0.232. The van der Waals surface area contributed by atoms with E-state index in [4.69, 9.17) is 5.11 Å². The maximum Gasteiger partial charge on any atom is 0.134 e. The maximum absolute atomic E-state index is 12.9. The molecule has 2 rings (SSSR count). The van der Waals surface area contributed by atoms with Gasteiger partial charge in [-0.05, 0) is 38.4 Å². The van der Waals surface area contributed by atoms with Crippen molar-refractivity contribution in [3.8, 4) is 0 Å². The number of likely N-dealkylation sites (tertiary alicyclic amines) is 1. The third kappa shape index (κ3) is 12.5. The number of aliphatic hydroxyl groups is 1. The van der Waals surface area contributed by atoms with E-state index in [-0.39, 0.29) is 17.7 Å². The zero-order valence-electron chi connectivity index (χ0n) is 15.5. The van der Waals surface area contributed by atoms with E-state index in [1.807, 2.05) is 13.8 Å². The molecule has 3 nitrogen and oxygen atoms in total. The number of alkyl halides is 1. The summed E-state index contributed by atoms with van der Waals surface area (Å²) in [4.78, 5) is 12.9. The van der Waals surface area contributed by atoms with Crippen LogP contribution in [0.1, 0.15) is 39.2 Å². The summed E-state index contributed by atoms with van der Waals surface area (Å²) in [6.07, 6.45) is 2.20. The zero-order valence-corrected chi connectivity index (χ0v) is 16.6. The third-order valence-corrected chi connectivity index (χ3v) is 3.67. The van der Waals surface area contributed by atoms with Crippen molar-refractivity contribution in [2.75, 3.05) is 27.3 Å². The number of halogens is 2. The Morgan fingerprint density at radius 2 is 1.79 bits per heavy atom. The first-order valence-electron chi connectivity index (χ1n) is 8.16. The molecular formula is C18H32F2NO2P. The van der Waals surface area contributed by atoms with E-state index in [1.165, 1.54) is 13.0 Å². The smallest absolute Gasteiger partial charge is 0.134 e. The van der Waals surface area contributed by atoms with Crippen molar-refractivity contribution < 1.29 is 18.7 Å². The highest BCUT2D eigenvalue weighted by atomic mass is 31.0. The highest BCUT2D eigenvalue weighted by Crippen LogP contribution is 2.06. The van der Waals surface area contributed by atoms with Gasteiger partial charge in [0, 0.05) is 24.8 Å². The van der Waals surface area contributed by atoms with Crippen molar-refractivity contribution in [3.05, 3.63) is 29.6 Å². The molecule has 0 aromatic heterocycles. The van der Waals surface area contributed by atoms with Crippen LogP contribution < -0.4 is 5.30 Å². The summed E-state index contributed by atoms with van der Waals surface area (Å²) in [7, 11) is 4.88. The Labute approximate surface area is 147 Å². The standard InChI is InChI=1S/C9H10FOP.C6H13NO.C2H6.CH3F/c1-6(11)4-7-2-3-9(12)8(10)5-7;1-7-4-2-6(8)3-5-7;2*1-2/h2-3,5H,4,12H2,1H3;6,8H,2-5H2,1H3;1-2H3;1H3. The Hall–Kier alpha value is -0.900. The van der Waals surface area contributed by atoms with Crippen LogP contribution in [0.3, 0.4) is 0 Å². The topological polar surface area (TPSA) is 40.5 Å². The lowest BCUT2D eigenvalue weighted by Crippen LogP contribution is -2.32. The molecule has 24 heavy (non-hydrogen) atoms. The van der Waals surface area contributed by atoms with E-state index in [9.17, 15) is 13.6 Å². The largest absolute Gasteiger partial charge is 0.393 e. The molecule has 0 amide bonds. The van der Waals surface area contributed by atoms with Gasteiger partial charge in [0.1, 0.15) is 11.6 Å². The van der Waals surface area contributed by atoms with Crippen LogP contribution in [0.4, 0.5) is 8.78 Å². The minimum Gasteiger partial charge on any atom is -0.393 e. The lowest BCUT2D eigenvalue weighted by atomic mass is 10.1. The fraction of sp³-hybridized carbons (Fsp3) is 0.611. The van der Waals surface area contributed by atoms with Crippen molar-refractivity contribution >= 4 is 20.3 Å².